The van der Waals surface area contributed by atoms with Crippen LogP contribution in [0.3, 0.4) is 0 Å². The number of carbonyl (C=O) groups is 2. The number of aromatic nitrogens is 5. The van der Waals surface area contributed by atoms with Crippen LogP contribution >= 0.6 is 0 Å². The van der Waals surface area contributed by atoms with Gasteiger partial charge in [0.1, 0.15) is 22.8 Å². The van der Waals surface area contributed by atoms with Crippen LogP contribution in [0, 0.1) is 0 Å². The summed E-state index contributed by atoms with van der Waals surface area (Å²) >= 11 is 0. The predicted octanol–water partition coefficient (Wildman–Crippen LogP) is 6.54. The molecule has 3 aromatic carbocycles. The van der Waals surface area contributed by atoms with Crippen molar-refractivity contribution < 1.29 is 19.4 Å². The molecule has 2 aromatic heterocycles. The van der Waals surface area contributed by atoms with Gasteiger partial charge in [-0.15, -0.1) is 5.10 Å². The Balaban J connectivity index is 1.11. The molecule has 10 nitrogen and oxygen atoms in total. The molecule has 0 saturated heterocycles. The molecule has 10 heteroatoms. The largest absolute Gasteiger partial charge is 0.497 e. The van der Waals surface area contributed by atoms with Gasteiger partial charge in [0.2, 0.25) is 5.91 Å². The standard InChI is InChI=1S/C38H40N6O4/c1-48-29-15-13-27(14-16-29)36-39-32-7-3-4-8-33(32)43(36)22-28-23-44(42-41-28)35-30(25-9-10-25)19-24(20-31(35)26-11-12-26)21-34(45)40-38(37(46)47)17-5-2-6-18-38/h3-4,7-8,13-16,19-20,23,25-26H,2,5-6,9-12,17-18,21-22H2,1H3,(H,40,45)(H,46,47). The quantitative estimate of drug-likeness (QED) is 0.167. The molecule has 48 heavy (non-hydrogen) atoms. The molecule has 2 heterocycles. The third-order valence-electron chi connectivity index (χ3n) is 10.2. The minimum atomic E-state index is -1.15. The number of aliphatic carboxylic acids is 1. The Hall–Kier alpha value is -4.99. The van der Waals surface area contributed by atoms with E-state index >= 15 is 0 Å². The maximum Gasteiger partial charge on any atom is 0.329 e. The molecule has 0 aliphatic heterocycles. The van der Waals surface area contributed by atoms with Crippen LogP contribution in [0.2, 0.25) is 0 Å². The number of nitrogens with one attached hydrogen (secondary N) is 1. The molecule has 3 saturated carbocycles. The first-order valence-corrected chi connectivity index (χ1v) is 17.1. The zero-order valence-electron chi connectivity index (χ0n) is 27.2. The molecule has 0 bridgehead atoms. The molecule has 2 N–H and O–H groups in total. The monoisotopic (exact) mass is 644 g/mol. The molecule has 5 aromatic rings. The highest BCUT2D eigenvalue weighted by molar-refractivity contribution is 5.88. The molecule has 0 radical (unpaired) electrons. The predicted molar refractivity (Wildman–Crippen MR) is 181 cm³/mol. The highest BCUT2D eigenvalue weighted by atomic mass is 16.5. The number of fused-ring (bicyclic) bond motifs is 1. The van der Waals surface area contributed by atoms with Crippen molar-refractivity contribution in [3.05, 3.63) is 89.2 Å². The number of carbonyl (C=O) groups excluding carboxylic acids is 1. The van der Waals surface area contributed by atoms with E-state index in [1.807, 2.05) is 53.3 Å². The maximum absolute atomic E-state index is 13.3. The van der Waals surface area contributed by atoms with Crippen LogP contribution in [0.1, 0.15) is 92.0 Å². The number of amides is 1. The third-order valence-corrected chi connectivity index (χ3v) is 10.2. The summed E-state index contributed by atoms with van der Waals surface area (Å²) in [6.45, 7) is 0.503. The Labute approximate surface area is 279 Å². The number of rotatable bonds is 11. The summed E-state index contributed by atoms with van der Waals surface area (Å²) in [6.07, 6.45) is 10.2. The van der Waals surface area contributed by atoms with E-state index in [1.165, 1.54) is 11.1 Å². The molecule has 3 aliphatic rings. The topological polar surface area (TPSA) is 124 Å². The molecule has 8 rings (SSSR count). The Morgan fingerprint density at radius 2 is 1.65 bits per heavy atom. The van der Waals surface area contributed by atoms with Gasteiger partial charge >= 0.3 is 5.97 Å². The van der Waals surface area contributed by atoms with Gasteiger partial charge in [-0.3, -0.25) is 4.79 Å². The van der Waals surface area contributed by atoms with Crippen molar-refractivity contribution in [3.8, 4) is 22.8 Å². The molecule has 1 amide bonds. The van der Waals surface area contributed by atoms with E-state index in [9.17, 15) is 14.7 Å². The molecule has 0 atom stereocenters. The van der Waals surface area contributed by atoms with Gasteiger partial charge in [0.15, 0.2) is 0 Å². The fourth-order valence-electron chi connectivity index (χ4n) is 7.40. The number of benzene rings is 3. The van der Waals surface area contributed by atoms with Gasteiger partial charge in [0.25, 0.3) is 0 Å². The van der Waals surface area contributed by atoms with E-state index in [-0.39, 0.29) is 12.3 Å². The summed E-state index contributed by atoms with van der Waals surface area (Å²) in [5, 5.41) is 22.3. The van der Waals surface area contributed by atoms with Crippen molar-refractivity contribution in [1.82, 2.24) is 29.9 Å². The summed E-state index contributed by atoms with van der Waals surface area (Å²) < 4.78 is 9.50. The zero-order chi connectivity index (χ0) is 32.8. The van der Waals surface area contributed by atoms with E-state index in [0.29, 0.717) is 31.2 Å². The van der Waals surface area contributed by atoms with E-state index in [4.69, 9.17) is 9.72 Å². The Bertz CT molecular complexity index is 1960. The van der Waals surface area contributed by atoms with Gasteiger partial charge in [0.05, 0.1) is 43.0 Å². The smallest absolute Gasteiger partial charge is 0.329 e. The lowest BCUT2D eigenvalue weighted by Crippen LogP contribution is -2.56. The van der Waals surface area contributed by atoms with E-state index in [1.54, 1.807) is 7.11 Å². The van der Waals surface area contributed by atoms with E-state index in [2.05, 4.69) is 38.4 Å². The molecule has 246 valence electrons. The normalized spacial score (nSPS) is 17.4. The van der Waals surface area contributed by atoms with Gasteiger partial charge < -0.3 is 19.7 Å². The number of ether oxygens (including phenoxy) is 1. The molecule has 0 spiro atoms. The van der Waals surface area contributed by atoms with E-state index < -0.39 is 11.5 Å². The van der Waals surface area contributed by atoms with Gasteiger partial charge in [0, 0.05) is 5.56 Å². The number of para-hydroxylation sites is 2. The number of hydrogen-bond donors (Lipinski definition) is 2. The lowest BCUT2D eigenvalue weighted by Gasteiger charge is -2.34. The van der Waals surface area contributed by atoms with Gasteiger partial charge in [-0.2, -0.15) is 0 Å². The summed E-state index contributed by atoms with van der Waals surface area (Å²) in [4.78, 5) is 30.5. The number of nitrogens with zero attached hydrogens (tertiary/aromatic N) is 5. The van der Waals surface area contributed by atoms with Gasteiger partial charge in [-0.05, 0) is 103 Å². The minimum Gasteiger partial charge on any atom is -0.497 e. The fraction of sp³-hybridized carbons (Fsp3) is 0.395. The third kappa shape index (κ3) is 5.84. The first-order valence-electron chi connectivity index (χ1n) is 17.1. The lowest BCUT2D eigenvalue weighted by atomic mass is 9.81. The Morgan fingerprint density at radius 1 is 0.958 bits per heavy atom. The van der Waals surface area contributed by atoms with Crippen LogP contribution in [0.25, 0.3) is 28.1 Å². The Kier molecular flexibility index (Phi) is 7.73. The van der Waals surface area contributed by atoms with Crippen LogP contribution < -0.4 is 10.1 Å². The van der Waals surface area contributed by atoms with Crippen molar-refractivity contribution in [2.45, 2.75) is 88.1 Å². The van der Waals surface area contributed by atoms with E-state index in [0.717, 1.165) is 90.1 Å². The van der Waals surface area contributed by atoms with Gasteiger partial charge in [-0.1, -0.05) is 48.7 Å². The van der Waals surface area contributed by atoms with Crippen LogP contribution in [-0.4, -0.2) is 54.2 Å². The molecule has 0 unspecified atom stereocenters. The summed E-state index contributed by atoms with van der Waals surface area (Å²) in [7, 11) is 1.66. The van der Waals surface area contributed by atoms with Crippen LogP contribution in [0.5, 0.6) is 5.75 Å². The van der Waals surface area contributed by atoms with Crippen molar-refractivity contribution in [2.24, 2.45) is 0 Å². The SMILES string of the molecule is COc1ccc(-c2nc3ccccc3n2Cc2cn(-c3c(C4CC4)cc(CC(=O)NC4(C(=O)O)CCCCC4)cc3C3CC3)nn2)cc1. The molecule has 3 fully saturated rings. The maximum atomic E-state index is 13.3. The second kappa shape index (κ2) is 12.2. The van der Waals surface area contributed by atoms with Crippen molar-refractivity contribution in [3.63, 3.8) is 0 Å². The Morgan fingerprint density at radius 3 is 2.29 bits per heavy atom. The number of carboxylic acid groups (broad SMARTS) is 1. The van der Waals surface area contributed by atoms with Crippen LogP contribution in [0.4, 0.5) is 0 Å². The fourth-order valence-corrected chi connectivity index (χ4v) is 7.40. The number of methoxy groups -OCH3 is 1. The molecular formula is C38H40N6O4. The molecule has 3 aliphatic carbocycles. The van der Waals surface area contributed by atoms with Crippen molar-refractivity contribution in [1.29, 1.82) is 0 Å². The first-order chi connectivity index (χ1) is 23.4. The highest BCUT2D eigenvalue weighted by Crippen LogP contribution is 2.49. The second-order valence-electron chi connectivity index (χ2n) is 13.7. The summed E-state index contributed by atoms with van der Waals surface area (Å²) in [5.74, 6) is 1.32. The van der Waals surface area contributed by atoms with Crippen LogP contribution in [0.15, 0.2) is 66.9 Å². The zero-order valence-corrected chi connectivity index (χ0v) is 27.2. The number of hydrogen-bond acceptors (Lipinski definition) is 6. The minimum absolute atomic E-state index is 0.166. The number of carboxylic acids is 1. The van der Waals surface area contributed by atoms with Crippen LogP contribution in [-0.2, 0) is 22.6 Å². The summed E-state index contributed by atoms with van der Waals surface area (Å²) in [6, 6.07) is 20.4. The lowest BCUT2D eigenvalue weighted by molar-refractivity contribution is -0.149. The summed E-state index contributed by atoms with van der Waals surface area (Å²) in [5.41, 5.74) is 7.03. The van der Waals surface area contributed by atoms with Gasteiger partial charge in [-0.25, -0.2) is 14.5 Å². The van der Waals surface area contributed by atoms with Crippen molar-refractivity contribution >= 4 is 22.9 Å². The average molecular weight is 645 g/mol. The second-order valence-corrected chi connectivity index (χ2v) is 13.7. The first kappa shape index (κ1) is 30.4. The highest BCUT2D eigenvalue weighted by Gasteiger charge is 2.41. The molecular weight excluding hydrogens is 604 g/mol. The van der Waals surface area contributed by atoms with Crippen molar-refractivity contribution in [2.75, 3.05) is 7.11 Å². The average Bonchev–Trinajstić information content (AvgIpc) is 4.04. The number of imidazole rings is 1.